The number of hydrogen-bond donors (Lipinski definition) is 0. The van der Waals surface area contributed by atoms with Crippen molar-refractivity contribution < 1.29 is 0 Å². The van der Waals surface area contributed by atoms with Crippen molar-refractivity contribution in [2.24, 2.45) is 0 Å². The van der Waals surface area contributed by atoms with Gasteiger partial charge in [-0.1, -0.05) is 27.7 Å². The van der Waals surface area contributed by atoms with E-state index in [4.69, 9.17) is 4.98 Å². The first-order valence-corrected chi connectivity index (χ1v) is 8.03. The van der Waals surface area contributed by atoms with Gasteiger partial charge in [-0.05, 0) is 18.8 Å². The lowest BCUT2D eigenvalue weighted by Crippen LogP contribution is -2.32. The minimum absolute atomic E-state index is 0.448. The lowest BCUT2D eigenvalue weighted by Gasteiger charge is -2.30. The van der Waals surface area contributed by atoms with Crippen LogP contribution in [0.3, 0.4) is 0 Å². The number of imidazole rings is 2. The summed E-state index contributed by atoms with van der Waals surface area (Å²) in [4.78, 5) is 11.9. The van der Waals surface area contributed by atoms with Gasteiger partial charge >= 0.3 is 0 Å². The molecule has 2 aromatic heterocycles. The van der Waals surface area contributed by atoms with Crippen molar-refractivity contribution in [2.45, 2.75) is 59.7 Å². The highest BCUT2D eigenvalue weighted by molar-refractivity contribution is 5.70. The zero-order chi connectivity index (χ0) is 15.0. The molecule has 5 nitrogen and oxygen atoms in total. The molecule has 0 unspecified atom stereocenters. The number of nitrogens with zero attached hydrogens (tertiary/aromatic N) is 5. The Labute approximate surface area is 126 Å². The predicted octanol–water partition coefficient (Wildman–Crippen LogP) is 3.47. The molecule has 0 bridgehead atoms. The van der Waals surface area contributed by atoms with Crippen molar-refractivity contribution in [3.05, 3.63) is 18.2 Å². The van der Waals surface area contributed by atoms with E-state index in [1.54, 1.807) is 0 Å². The van der Waals surface area contributed by atoms with Crippen LogP contribution in [0, 0.1) is 0 Å². The summed E-state index contributed by atoms with van der Waals surface area (Å²) in [5, 5.41) is 0. The third-order valence-electron chi connectivity index (χ3n) is 3.99. The van der Waals surface area contributed by atoms with Crippen LogP contribution in [-0.2, 0) is 13.2 Å². The summed E-state index contributed by atoms with van der Waals surface area (Å²) in [6.07, 6.45) is 6.41. The van der Waals surface area contributed by atoms with Crippen LogP contribution in [0.25, 0.3) is 11.5 Å². The molecule has 3 rings (SSSR count). The summed E-state index contributed by atoms with van der Waals surface area (Å²) in [5.74, 6) is 2.71. The molecule has 3 heterocycles. The second-order valence-corrected chi connectivity index (χ2v) is 6.13. The van der Waals surface area contributed by atoms with Gasteiger partial charge in [-0.2, -0.15) is 0 Å². The fourth-order valence-corrected chi connectivity index (χ4v) is 2.98. The smallest absolute Gasteiger partial charge is 0.164 e. The number of hydrogen-bond acceptors (Lipinski definition) is 3. The number of rotatable bonds is 5. The average molecular weight is 287 g/mol. The highest BCUT2D eigenvalue weighted by Crippen LogP contribution is 2.35. The molecule has 0 amide bonds. The van der Waals surface area contributed by atoms with Gasteiger partial charge in [-0.25, -0.2) is 9.97 Å². The minimum atomic E-state index is 0.448. The van der Waals surface area contributed by atoms with E-state index in [1.165, 1.54) is 5.82 Å². The quantitative estimate of drug-likeness (QED) is 0.845. The molecule has 0 saturated heterocycles. The Morgan fingerprint density at radius 2 is 1.95 bits per heavy atom. The van der Waals surface area contributed by atoms with Gasteiger partial charge in [0.1, 0.15) is 11.5 Å². The SMILES string of the molecule is CCCN1Cn2cc(C(C)C)nc2-c2ncn(CCC)c21. The normalized spacial score (nSPS) is 13.7. The van der Waals surface area contributed by atoms with Crippen molar-refractivity contribution in [3.8, 4) is 11.5 Å². The van der Waals surface area contributed by atoms with Crippen LogP contribution in [0.15, 0.2) is 12.5 Å². The van der Waals surface area contributed by atoms with Crippen molar-refractivity contribution in [2.75, 3.05) is 11.4 Å². The molecule has 0 aromatic carbocycles. The molecule has 1 aliphatic rings. The molecule has 0 fully saturated rings. The van der Waals surface area contributed by atoms with Crippen LogP contribution in [0.1, 0.15) is 52.1 Å². The summed E-state index contributed by atoms with van der Waals surface area (Å²) >= 11 is 0. The van der Waals surface area contributed by atoms with Gasteiger partial charge in [-0.15, -0.1) is 0 Å². The van der Waals surface area contributed by atoms with Crippen LogP contribution < -0.4 is 4.90 Å². The Bertz CT molecular complexity index is 623. The Kier molecular flexibility index (Phi) is 3.74. The summed E-state index contributed by atoms with van der Waals surface area (Å²) in [6, 6.07) is 0. The molecule has 1 aliphatic heterocycles. The third kappa shape index (κ3) is 2.34. The van der Waals surface area contributed by atoms with Crippen molar-refractivity contribution in [1.29, 1.82) is 0 Å². The molecule has 0 spiro atoms. The van der Waals surface area contributed by atoms with Crippen LogP contribution >= 0.6 is 0 Å². The van der Waals surface area contributed by atoms with Crippen LogP contribution in [-0.4, -0.2) is 25.6 Å². The second-order valence-electron chi connectivity index (χ2n) is 6.13. The summed E-state index contributed by atoms with van der Waals surface area (Å²) in [6.45, 7) is 11.8. The second kappa shape index (κ2) is 5.54. The number of anilines is 1. The molecule has 0 radical (unpaired) electrons. The van der Waals surface area contributed by atoms with Gasteiger partial charge < -0.3 is 14.0 Å². The van der Waals surface area contributed by atoms with Crippen molar-refractivity contribution in [3.63, 3.8) is 0 Å². The Hall–Kier alpha value is -1.78. The maximum atomic E-state index is 4.82. The highest BCUT2D eigenvalue weighted by Gasteiger charge is 2.28. The van der Waals surface area contributed by atoms with E-state index in [0.717, 1.165) is 49.8 Å². The molecule has 0 N–H and O–H groups in total. The fourth-order valence-electron chi connectivity index (χ4n) is 2.98. The average Bonchev–Trinajstić information content (AvgIpc) is 3.03. The predicted molar refractivity (Wildman–Crippen MR) is 85.5 cm³/mol. The molecule has 0 saturated carbocycles. The molecule has 0 aliphatic carbocycles. The first kappa shape index (κ1) is 14.2. The van der Waals surface area contributed by atoms with Crippen LogP contribution in [0.4, 0.5) is 5.82 Å². The van der Waals surface area contributed by atoms with E-state index >= 15 is 0 Å². The lowest BCUT2D eigenvalue weighted by atomic mass is 10.2. The standard InChI is InChI=1S/C16H25N5/c1-5-7-19-10-17-14-15-18-13(12(3)4)9-21(15)11-20(8-6-2)16(14)19/h9-10,12H,5-8,11H2,1-4H3. The van der Waals surface area contributed by atoms with Gasteiger partial charge in [-0.3, -0.25) is 0 Å². The fraction of sp³-hybridized carbons (Fsp3) is 0.625. The van der Waals surface area contributed by atoms with E-state index in [-0.39, 0.29) is 0 Å². The van der Waals surface area contributed by atoms with Crippen LogP contribution in [0.2, 0.25) is 0 Å². The van der Waals surface area contributed by atoms with Crippen LogP contribution in [0.5, 0.6) is 0 Å². The van der Waals surface area contributed by atoms with Crippen molar-refractivity contribution in [1.82, 2.24) is 19.1 Å². The summed E-state index contributed by atoms with van der Waals surface area (Å²) < 4.78 is 4.52. The molecule has 5 heteroatoms. The summed E-state index contributed by atoms with van der Waals surface area (Å²) in [5.41, 5.74) is 2.19. The number of fused-ring (bicyclic) bond motifs is 3. The van der Waals surface area contributed by atoms with E-state index in [1.807, 2.05) is 6.33 Å². The molecule has 0 atom stereocenters. The Morgan fingerprint density at radius 1 is 1.19 bits per heavy atom. The van der Waals surface area contributed by atoms with Crippen molar-refractivity contribution >= 4 is 5.82 Å². The topological polar surface area (TPSA) is 38.9 Å². The van der Waals surface area contributed by atoms with Gasteiger partial charge in [0, 0.05) is 19.3 Å². The zero-order valence-electron chi connectivity index (χ0n) is 13.5. The number of aromatic nitrogens is 4. The van der Waals surface area contributed by atoms with Gasteiger partial charge in [0.25, 0.3) is 0 Å². The van der Waals surface area contributed by atoms with Gasteiger partial charge in [0.15, 0.2) is 5.82 Å². The monoisotopic (exact) mass is 287 g/mol. The van der Waals surface area contributed by atoms with Gasteiger partial charge in [0.05, 0.1) is 18.7 Å². The van der Waals surface area contributed by atoms with E-state index < -0.39 is 0 Å². The van der Waals surface area contributed by atoms with E-state index in [9.17, 15) is 0 Å². The lowest BCUT2D eigenvalue weighted by molar-refractivity contribution is 0.582. The highest BCUT2D eigenvalue weighted by atomic mass is 15.4. The largest absolute Gasteiger partial charge is 0.338 e. The van der Waals surface area contributed by atoms with E-state index in [2.05, 4.69) is 52.9 Å². The maximum Gasteiger partial charge on any atom is 0.164 e. The zero-order valence-corrected chi connectivity index (χ0v) is 13.5. The molecular formula is C16H25N5. The molecule has 21 heavy (non-hydrogen) atoms. The molecule has 2 aromatic rings. The van der Waals surface area contributed by atoms with E-state index in [0.29, 0.717) is 5.92 Å². The van der Waals surface area contributed by atoms with Gasteiger partial charge in [0.2, 0.25) is 0 Å². The maximum absolute atomic E-state index is 4.82. The third-order valence-corrected chi connectivity index (χ3v) is 3.99. The molecular weight excluding hydrogens is 262 g/mol. The Morgan fingerprint density at radius 3 is 2.62 bits per heavy atom. The number of aryl methyl sites for hydroxylation is 1. The molecule has 114 valence electrons. The first-order valence-electron chi connectivity index (χ1n) is 8.03. The first-order chi connectivity index (χ1) is 10.2. The minimum Gasteiger partial charge on any atom is -0.338 e. The Balaban J connectivity index is 2.09. The summed E-state index contributed by atoms with van der Waals surface area (Å²) in [7, 11) is 0.